The normalized spacial score (nSPS) is 17.6. The summed E-state index contributed by atoms with van der Waals surface area (Å²) < 4.78 is 7.98. The standard InChI is InChI=1S/C23H27ClN4O/c1-16-10-18(11-19-6-4-5-7-21(19)24)12-22(25-16)23-15-28(8-9-29-23)14-20-13-27(3)26-17(20)2/h4-7,10,12-13,23H,8-9,11,14-15H2,1-3H3/t23-/m0/s1. The van der Waals surface area contributed by atoms with Gasteiger partial charge in [-0.3, -0.25) is 14.6 Å². The van der Waals surface area contributed by atoms with Crippen molar-refractivity contribution < 1.29 is 4.74 Å². The zero-order valence-electron chi connectivity index (χ0n) is 17.2. The van der Waals surface area contributed by atoms with Gasteiger partial charge in [-0.05, 0) is 49.6 Å². The van der Waals surface area contributed by atoms with Gasteiger partial charge < -0.3 is 4.74 Å². The van der Waals surface area contributed by atoms with Crippen molar-refractivity contribution in [2.45, 2.75) is 32.9 Å². The highest BCUT2D eigenvalue weighted by Crippen LogP contribution is 2.26. The van der Waals surface area contributed by atoms with Gasteiger partial charge in [0.05, 0.1) is 18.0 Å². The zero-order valence-corrected chi connectivity index (χ0v) is 18.0. The third-order valence-corrected chi connectivity index (χ3v) is 5.74. The molecule has 0 N–H and O–H groups in total. The number of benzene rings is 1. The predicted octanol–water partition coefficient (Wildman–Crippen LogP) is 4.25. The molecule has 5 nitrogen and oxygen atoms in total. The molecular formula is C23H27ClN4O. The van der Waals surface area contributed by atoms with Crippen LogP contribution in [0, 0.1) is 13.8 Å². The van der Waals surface area contributed by atoms with Gasteiger partial charge in [-0.2, -0.15) is 5.10 Å². The topological polar surface area (TPSA) is 43.2 Å². The van der Waals surface area contributed by atoms with E-state index in [0.717, 1.165) is 53.7 Å². The lowest BCUT2D eigenvalue weighted by atomic mass is 10.0. The number of ether oxygens (including phenoxy) is 1. The van der Waals surface area contributed by atoms with E-state index in [1.807, 2.05) is 36.9 Å². The first-order valence-electron chi connectivity index (χ1n) is 10.0. The van der Waals surface area contributed by atoms with Crippen LogP contribution >= 0.6 is 11.6 Å². The highest BCUT2D eigenvalue weighted by atomic mass is 35.5. The van der Waals surface area contributed by atoms with Gasteiger partial charge in [-0.1, -0.05) is 29.8 Å². The highest BCUT2D eigenvalue weighted by molar-refractivity contribution is 6.31. The molecule has 1 aliphatic rings. The Bertz CT molecular complexity index is 1000. The van der Waals surface area contributed by atoms with Crippen LogP contribution in [0.2, 0.25) is 5.02 Å². The molecular weight excluding hydrogens is 384 g/mol. The Kier molecular flexibility index (Phi) is 5.99. The molecule has 1 saturated heterocycles. The molecule has 1 aliphatic heterocycles. The Morgan fingerprint density at radius 2 is 2.00 bits per heavy atom. The van der Waals surface area contributed by atoms with E-state index in [2.05, 4.69) is 41.3 Å². The monoisotopic (exact) mass is 410 g/mol. The molecule has 29 heavy (non-hydrogen) atoms. The number of aryl methyl sites for hydroxylation is 3. The second kappa shape index (κ2) is 8.66. The molecule has 6 heteroatoms. The van der Waals surface area contributed by atoms with E-state index in [1.54, 1.807) is 0 Å². The highest BCUT2D eigenvalue weighted by Gasteiger charge is 2.24. The summed E-state index contributed by atoms with van der Waals surface area (Å²) in [6.45, 7) is 7.45. The van der Waals surface area contributed by atoms with Crippen molar-refractivity contribution in [1.29, 1.82) is 0 Å². The van der Waals surface area contributed by atoms with E-state index in [9.17, 15) is 0 Å². The van der Waals surface area contributed by atoms with Crippen LogP contribution in [-0.4, -0.2) is 39.4 Å². The average Bonchev–Trinajstić information content (AvgIpc) is 3.00. The van der Waals surface area contributed by atoms with Crippen molar-refractivity contribution >= 4 is 11.6 Å². The van der Waals surface area contributed by atoms with Crippen molar-refractivity contribution in [1.82, 2.24) is 19.7 Å². The first kappa shape index (κ1) is 20.1. The predicted molar refractivity (Wildman–Crippen MR) is 115 cm³/mol. The minimum absolute atomic E-state index is 0.0226. The van der Waals surface area contributed by atoms with Crippen molar-refractivity contribution in [3.8, 4) is 0 Å². The summed E-state index contributed by atoms with van der Waals surface area (Å²) in [5, 5.41) is 5.26. The van der Waals surface area contributed by atoms with Crippen LogP contribution in [0.5, 0.6) is 0 Å². The average molecular weight is 411 g/mol. The lowest BCUT2D eigenvalue weighted by Gasteiger charge is -2.32. The van der Waals surface area contributed by atoms with Crippen LogP contribution in [0.15, 0.2) is 42.6 Å². The molecule has 0 spiro atoms. The number of hydrogen-bond acceptors (Lipinski definition) is 4. The Morgan fingerprint density at radius 3 is 2.76 bits per heavy atom. The van der Waals surface area contributed by atoms with Gasteiger partial charge in [0, 0.05) is 49.2 Å². The summed E-state index contributed by atoms with van der Waals surface area (Å²) in [4.78, 5) is 7.21. The van der Waals surface area contributed by atoms with Gasteiger partial charge in [0.25, 0.3) is 0 Å². The molecule has 152 valence electrons. The fourth-order valence-corrected chi connectivity index (χ4v) is 4.17. The molecule has 0 amide bonds. The van der Waals surface area contributed by atoms with Crippen molar-refractivity contribution in [3.05, 3.63) is 81.4 Å². The van der Waals surface area contributed by atoms with E-state index in [-0.39, 0.29) is 6.10 Å². The van der Waals surface area contributed by atoms with Gasteiger partial charge in [-0.25, -0.2) is 0 Å². The maximum atomic E-state index is 6.36. The van der Waals surface area contributed by atoms with Crippen LogP contribution in [0.3, 0.4) is 0 Å². The largest absolute Gasteiger partial charge is 0.369 e. The molecule has 2 aromatic heterocycles. The Balaban J connectivity index is 1.50. The molecule has 3 aromatic rings. The van der Waals surface area contributed by atoms with E-state index >= 15 is 0 Å². The summed E-state index contributed by atoms with van der Waals surface area (Å²) in [6.07, 6.45) is 2.87. The number of rotatable bonds is 5. The quantitative estimate of drug-likeness (QED) is 0.630. The number of nitrogens with zero attached hydrogens (tertiary/aromatic N) is 4. The number of morpholine rings is 1. The molecule has 1 fully saturated rings. The SMILES string of the molecule is Cc1cc(Cc2ccccc2Cl)cc([C@@H]2CN(Cc3cn(C)nc3C)CCO2)n1. The molecule has 1 atom stereocenters. The van der Waals surface area contributed by atoms with Gasteiger partial charge in [0.1, 0.15) is 6.10 Å². The van der Waals surface area contributed by atoms with E-state index in [0.29, 0.717) is 6.61 Å². The Morgan fingerprint density at radius 1 is 1.17 bits per heavy atom. The Labute approximate surface area is 177 Å². The number of pyridine rings is 1. The molecule has 3 heterocycles. The lowest BCUT2D eigenvalue weighted by molar-refractivity contribution is -0.0351. The first-order valence-corrected chi connectivity index (χ1v) is 10.4. The van der Waals surface area contributed by atoms with Crippen molar-refractivity contribution in [3.63, 3.8) is 0 Å². The third-order valence-electron chi connectivity index (χ3n) is 5.37. The van der Waals surface area contributed by atoms with E-state index < -0.39 is 0 Å². The number of hydrogen-bond donors (Lipinski definition) is 0. The molecule has 0 unspecified atom stereocenters. The molecule has 0 bridgehead atoms. The summed E-state index contributed by atoms with van der Waals surface area (Å²) in [7, 11) is 1.97. The van der Waals surface area contributed by atoms with Crippen LogP contribution in [0.4, 0.5) is 0 Å². The maximum absolute atomic E-state index is 6.36. The number of halogens is 1. The van der Waals surface area contributed by atoms with Gasteiger partial charge in [0.15, 0.2) is 0 Å². The molecule has 0 saturated carbocycles. The van der Waals surface area contributed by atoms with Crippen molar-refractivity contribution in [2.75, 3.05) is 19.7 Å². The van der Waals surface area contributed by atoms with E-state index in [1.165, 1.54) is 11.1 Å². The van der Waals surface area contributed by atoms with Crippen LogP contribution in [0.25, 0.3) is 0 Å². The van der Waals surface area contributed by atoms with E-state index in [4.69, 9.17) is 21.3 Å². The molecule has 0 aliphatic carbocycles. The first-order chi connectivity index (χ1) is 14.0. The number of aromatic nitrogens is 3. The molecule has 1 aromatic carbocycles. The van der Waals surface area contributed by atoms with Crippen LogP contribution in [0.1, 0.15) is 39.9 Å². The lowest BCUT2D eigenvalue weighted by Crippen LogP contribution is -2.38. The smallest absolute Gasteiger partial charge is 0.112 e. The Hall–Kier alpha value is -2.21. The fraction of sp³-hybridized carbons (Fsp3) is 0.391. The second-order valence-corrected chi connectivity index (χ2v) is 8.22. The maximum Gasteiger partial charge on any atom is 0.112 e. The minimum atomic E-state index is -0.0226. The van der Waals surface area contributed by atoms with Gasteiger partial charge >= 0.3 is 0 Å². The minimum Gasteiger partial charge on any atom is -0.369 e. The molecule has 0 radical (unpaired) electrons. The van der Waals surface area contributed by atoms with Gasteiger partial charge in [-0.15, -0.1) is 0 Å². The van der Waals surface area contributed by atoms with Crippen LogP contribution < -0.4 is 0 Å². The summed E-state index contributed by atoms with van der Waals surface area (Å²) in [5.41, 5.74) is 6.71. The summed E-state index contributed by atoms with van der Waals surface area (Å²) in [5.74, 6) is 0. The zero-order chi connectivity index (χ0) is 20.4. The van der Waals surface area contributed by atoms with Gasteiger partial charge in [0.2, 0.25) is 0 Å². The van der Waals surface area contributed by atoms with Crippen LogP contribution in [-0.2, 0) is 24.8 Å². The third kappa shape index (κ3) is 4.86. The van der Waals surface area contributed by atoms with Crippen molar-refractivity contribution in [2.24, 2.45) is 7.05 Å². The summed E-state index contributed by atoms with van der Waals surface area (Å²) >= 11 is 6.36. The summed E-state index contributed by atoms with van der Waals surface area (Å²) in [6, 6.07) is 12.3. The fourth-order valence-electron chi connectivity index (χ4n) is 3.97. The second-order valence-electron chi connectivity index (χ2n) is 7.82. The molecule has 4 rings (SSSR count).